The largest absolute Gasteiger partial charge is 0.508 e. The molecule has 0 radical (unpaired) electrons. The lowest BCUT2D eigenvalue weighted by atomic mass is 12.3. The molecule has 0 heterocycles. The molecule has 0 unspecified atom stereocenters. The van der Waals surface area contributed by atoms with Gasteiger partial charge in [0.15, 0.2) is 0 Å². The van der Waals surface area contributed by atoms with Crippen molar-refractivity contribution in [3.8, 4) is 5.75 Å². The van der Waals surface area contributed by atoms with E-state index in [1.807, 2.05) is 6.07 Å². The Morgan fingerprint density at radius 1 is 1.00 bits per heavy atom. The Labute approximate surface area is 42.2 Å². The second kappa shape index (κ2) is 1.65. The van der Waals surface area contributed by atoms with Crippen LogP contribution in [0.3, 0.4) is 0 Å². The quantitative estimate of drug-likeness (QED) is 0.529. The molecule has 0 saturated carbocycles. The Morgan fingerprint density at radius 2 is 1.57 bits per heavy atom. The van der Waals surface area contributed by atoms with Crippen molar-refractivity contribution in [1.29, 1.82) is 0 Å². The maximum atomic E-state index is 8.63. The molecule has 0 aliphatic rings. The molecule has 0 amide bonds. The first-order valence-corrected chi connectivity index (χ1v) is 2.13. The molecule has 0 atom stereocenters. The van der Waals surface area contributed by atoms with Gasteiger partial charge < -0.3 is 5.11 Å². The van der Waals surface area contributed by atoms with Crippen molar-refractivity contribution in [1.82, 2.24) is 0 Å². The molecular formula is C6H6O. The molecule has 1 rings (SSSR count). The fourth-order valence-corrected chi connectivity index (χ4v) is 0.428. The number of para-hydroxylation sites is 1. The van der Waals surface area contributed by atoms with Crippen LogP contribution < -0.4 is 0 Å². The molecule has 1 aromatic rings. The molecule has 1 heteroatoms. The van der Waals surface area contributed by atoms with Gasteiger partial charge in [-0.3, -0.25) is 0 Å². The van der Waals surface area contributed by atoms with Crippen LogP contribution in [0.15, 0.2) is 30.3 Å². The van der Waals surface area contributed by atoms with E-state index in [2.05, 4.69) is 0 Å². The highest BCUT2D eigenvalue weighted by molar-refractivity contribution is 5.18. The molecule has 0 spiro atoms. The van der Waals surface area contributed by atoms with Crippen LogP contribution in [0.4, 0.5) is 0 Å². The van der Waals surface area contributed by atoms with E-state index >= 15 is 0 Å². The molecule has 36 valence electrons. The number of phenols is 1. The zero-order chi connectivity index (χ0) is 5.11. The summed E-state index contributed by atoms with van der Waals surface area (Å²) in [6, 6.07) is 8.71. The molecular weight excluding hydrogens is 100 g/mol. The second-order valence-corrected chi connectivity index (χ2v) is 1.34. The zero-order valence-corrected chi connectivity index (χ0v) is 3.83. The van der Waals surface area contributed by atoms with Gasteiger partial charge in [-0.1, -0.05) is 18.2 Å². The molecule has 0 fully saturated rings. The molecule has 1 aromatic carbocycles. The lowest BCUT2D eigenvalue weighted by Gasteiger charge is -1.82. The van der Waals surface area contributed by atoms with Crippen LogP contribution in [0, 0.1) is 0 Å². The minimum absolute atomic E-state index is 0.322. The van der Waals surface area contributed by atoms with Gasteiger partial charge in [0, 0.05) is 0 Å². The Hall–Kier alpha value is -0.980. The third kappa shape index (κ3) is 0.929. The van der Waals surface area contributed by atoms with E-state index in [0.717, 1.165) is 0 Å². The zero-order valence-electron chi connectivity index (χ0n) is 3.83. The molecule has 7 heavy (non-hydrogen) atoms. The Morgan fingerprint density at radius 3 is 1.86 bits per heavy atom. The maximum Gasteiger partial charge on any atom is 0.115 e. The van der Waals surface area contributed by atoms with Crippen molar-refractivity contribution in [3.63, 3.8) is 0 Å². The van der Waals surface area contributed by atoms with Crippen LogP contribution in [0.1, 0.15) is 0 Å². The fraction of sp³-hybridized carbons (Fsp3) is 0. The summed E-state index contributed by atoms with van der Waals surface area (Å²) in [6.45, 7) is 0. The first-order valence-electron chi connectivity index (χ1n) is 2.13. The summed E-state index contributed by atoms with van der Waals surface area (Å²) in [4.78, 5) is 0. The SMILES string of the molecule is O[14c]1[14cH][14cH][14cH][14cH][14cH]1. The van der Waals surface area contributed by atoms with E-state index in [1.54, 1.807) is 24.3 Å². The monoisotopic (exact) mass is 106 g/mol. The normalized spacial score (nSPS) is 8.57. The number of aromatic hydroxyl groups is 1. The van der Waals surface area contributed by atoms with Gasteiger partial charge >= 0.3 is 0 Å². The number of hydrogen-bond acceptors (Lipinski definition) is 1. The van der Waals surface area contributed by atoms with Crippen molar-refractivity contribution < 1.29 is 5.11 Å². The highest BCUT2D eigenvalue weighted by atomic mass is 16.5. The third-order valence-corrected chi connectivity index (χ3v) is 0.756. The highest BCUT2D eigenvalue weighted by Crippen LogP contribution is 2.02. The Kier molecular flexibility index (Phi) is 0.984. The van der Waals surface area contributed by atoms with Gasteiger partial charge in [-0.05, 0) is 12.1 Å². The smallest absolute Gasteiger partial charge is 0.115 e. The standard InChI is InChI=1S/C6H6O/c7-6-4-2-1-3-5-6/h1-5,7H/i1+2,2+2,3+2,4+2,5+2,6+2. The summed E-state index contributed by atoms with van der Waals surface area (Å²) in [5.41, 5.74) is 0. The number of hydrogen-bond donors (Lipinski definition) is 1. The van der Waals surface area contributed by atoms with E-state index in [0.29, 0.717) is 5.75 Å². The van der Waals surface area contributed by atoms with Crippen molar-refractivity contribution in [2.24, 2.45) is 0 Å². The van der Waals surface area contributed by atoms with Crippen molar-refractivity contribution in [3.05, 3.63) is 30.3 Å². The van der Waals surface area contributed by atoms with Crippen LogP contribution in [-0.2, 0) is 0 Å². The molecule has 0 aromatic heterocycles. The van der Waals surface area contributed by atoms with E-state index in [-0.39, 0.29) is 0 Å². The van der Waals surface area contributed by atoms with Gasteiger partial charge in [0.2, 0.25) is 0 Å². The lowest BCUT2D eigenvalue weighted by molar-refractivity contribution is 0.475. The van der Waals surface area contributed by atoms with Crippen LogP contribution in [0.2, 0.25) is 0 Å². The van der Waals surface area contributed by atoms with Crippen molar-refractivity contribution >= 4 is 0 Å². The van der Waals surface area contributed by atoms with Gasteiger partial charge in [0.25, 0.3) is 0 Å². The summed E-state index contributed by atoms with van der Waals surface area (Å²) >= 11 is 0. The lowest BCUT2D eigenvalue weighted by Crippen LogP contribution is -1.56. The minimum atomic E-state index is 0.322. The van der Waals surface area contributed by atoms with Crippen molar-refractivity contribution in [2.75, 3.05) is 0 Å². The van der Waals surface area contributed by atoms with E-state index in [4.69, 9.17) is 5.11 Å². The average molecular weight is 106 g/mol. The molecule has 1 N–H and O–H groups in total. The predicted octanol–water partition coefficient (Wildman–Crippen LogP) is 1.39. The van der Waals surface area contributed by atoms with Gasteiger partial charge in [-0.2, -0.15) is 0 Å². The van der Waals surface area contributed by atoms with E-state index in [9.17, 15) is 0 Å². The summed E-state index contributed by atoms with van der Waals surface area (Å²) in [5.74, 6) is 0.322. The number of rotatable bonds is 0. The van der Waals surface area contributed by atoms with Crippen LogP contribution in [0.5, 0.6) is 5.75 Å². The molecule has 0 saturated heterocycles. The minimum Gasteiger partial charge on any atom is -0.508 e. The summed E-state index contributed by atoms with van der Waals surface area (Å²) in [5, 5.41) is 8.63. The van der Waals surface area contributed by atoms with Crippen molar-refractivity contribution in [2.45, 2.75) is 0 Å². The first-order chi connectivity index (χ1) is 3.39. The molecule has 0 aliphatic carbocycles. The topological polar surface area (TPSA) is 20.2 Å². The summed E-state index contributed by atoms with van der Waals surface area (Å²) in [6.07, 6.45) is 0. The fourth-order valence-electron chi connectivity index (χ4n) is 0.428. The van der Waals surface area contributed by atoms with E-state index in [1.165, 1.54) is 0 Å². The Balaban J connectivity index is 3.02. The van der Waals surface area contributed by atoms with Gasteiger partial charge in [0.1, 0.15) is 5.75 Å². The first kappa shape index (κ1) is 4.19. The number of benzene rings is 1. The van der Waals surface area contributed by atoms with Crippen LogP contribution in [-0.4, -0.2) is 5.11 Å². The second-order valence-electron chi connectivity index (χ2n) is 1.34. The average Bonchev–Trinajstić information content (AvgIpc) is 1.69. The van der Waals surface area contributed by atoms with Crippen LogP contribution >= 0.6 is 0 Å². The Bertz CT molecular complexity index is 134. The molecule has 0 bridgehead atoms. The van der Waals surface area contributed by atoms with Gasteiger partial charge in [0.05, 0.1) is 0 Å². The maximum absolute atomic E-state index is 8.63. The van der Waals surface area contributed by atoms with Gasteiger partial charge in [-0.15, -0.1) is 0 Å². The number of phenolic OH excluding ortho intramolecular Hbond substituents is 1. The van der Waals surface area contributed by atoms with Crippen LogP contribution in [0.25, 0.3) is 0 Å². The predicted molar refractivity (Wildman–Crippen MR) is 28.1 cm³/mol. The summed E-state index contributed by atoms with van der Waals surface area (Å²) < 4.78 is 0. The highest BCUT2D eigenvalue weighted by Gasteiger charge is 1.74. The third-order valence-electron chi connectivity index (χ3n) is 0.756. The van der Waals surface area contributed by atoms with Gasteiger partial charge in [-0.25, -0.2) is 0 Å². The molecule has 1 nitrogen and oxygen atoms in total. The molecule has 0 aliphatic heterocycles. The van der Waals surface area contributed by atoms with E-state index < -0.39 is 0 Å². The summed E-state index contributed by atoms with van der Waals surface area (Å²) in [7, 11) is 0.